The highest BCUT2D eigenvalue weighted by Crippen LogP contribution is 2.43. The van der Waals surface area contributed by atoms with Crippen LogP contribution in [0.25, 0.3) is 0 Å². The Balaban J connectivity index is 2.25. The Bertz CT molecular complexity index is 180. The molecule has 0 radical (unpaired) electrons. The van der Waals surface area contributed by atoms with E-state index in [9.17, 15) is 5.11 Å². The lowest BCUT2D eigenvalue weighted by atomic mass is 9.70. The maximum Gasteiger partial charge on any atom is 0.0524 e. The number of hydrogen-bond acceptors (Lipinski definition) is 3. The quantitative estimate of drug-likeness (QED) is 0.727. The first-order chi connectivity index (χ1) is 7.08. The number of thioether (sulfide) groups is 1. The van der Waals surface area contributed by atoms with Gasteiger partial charge in [0.05, 0.1) is 6.10 Å². The van der Waals surface area contributed by atoms with Crippen molar-refractivity contribution >= 4 is 11.8 Å². The van der Waals surface area contributed by atoms with Crippen LogP contribution in [-0.4, -0.2) is 48.3 Å². The number of hydrogen-bond donors (Lipinski definition) is 1. The van der Waals surface area contributed by atoms with Crippen LogP contribution in [0.5, 0.6) is 0 Å². The first kappa shape index (κ1) is 13.3. The fraction of sp³-hybridized carbons (Fsp3) is 1.00. The van der Waals surface area contributed by atoms with Crippen LogP contribution < -0.4 is 0 Å². The molecular weight excluding hydrogens is 206 g/mol. The fourth-order valence-electron chi connectivity index (χ4n) is 2.39. The van der Waals surface area contributed by atoms with Crippen molar-refractivity contribution in [3.8, 4) is 0 Å². The van der Waals surface area contributed by atoms with Crippen LogP contribution in [0.4, 0.5) is 0 Å². The molecule has 0 heterocycles. The molecule has 90 valence electrons. The van der Waals surface area contributed by atoms with Crippen LogP contribution in [0.15, 0.2) is 0 Å². The van der Waals surface area contributed by atoms with Crippen molar-refractivity contribution in [1.82, 2.24) is 4.90 Å². The van der Waals surface area contributed by atoms with Gasteiger partial charge in [-0.15, -0.1) is 0 Å². The van der Waals surface area contributed by atoms with E-state index in [1.54, 1.807) is 0 Å². The molecule has 0 aromatic rings. The number of rotatable bonds is 7. The van der Waals surface area contributed by atoms with Gasteiger partial charge in [-0.05, 0) is 50.7 Å². The second-order valence-electron chi connectivity index (χ2n) is 5.16. The van der Waals surface area contributed by atoms with Crippen molar-refractivity contribution in [2.24, 2.45) is 5.41 Å². The summed E-state index contributed by atoms with van der Waals surface area (Å²) in [7, 11) is 2.18. The predicted molar refractivity (Wildman–Crippen MR) is 68.5 cm³/mol. The van der Waals surface area contributed by atoms with Crippen LogP contribution in [0.3, 0.4) is 0 Å². The molecular formula is C12H25NOS. The monoisotopic (exact) mass is 231 g/mol. The molecule has 0 aliphatic heterocycles. The molecule has 1 rings (SSSR count). The van der Waals surface area contributed by atoms with Gasteiger partial charge in [0, 0.05) is 13.1 Å². The molecule has 1 aliphatic rings. The van der Waals surface area contributed by atoms with Gasteiger partial charge in [0.25, 0.3) is 0 Å². The van der Waals surface area contributed by atoms with Gasteiger partial charge >= 0.3 is 0 Å². The number of aliphatic hydroxyl groups is 1. The molecule has 0 spiro atoms. The highest BCUT2D eigenvalue weighted by molar-refractivity contribution is 7.98. The summed E-state index contributed by atoms with van der Waals surface area (Å²) >= 11 is 1.97. The molecule has 0 bridgehead atoms. The molecule has 2 nitrogen and oxygen atoms in total. The first-order valence-electron chi connectivity index (χ1n) is 5.93. The van der Waals surface area contributed by atoms with Crippen LogP contribution in [0.1, 0.15) is 32.6 Å². The molecule has 0 aromatic heterocycles. The van der Waals surface area contributed by atoms with Crippen LogP contribution >= 0.6 is 11.8 Å². The zero-order chi connectivity index (χ0) is 11.3. The van der Waals surface area contributed by atoms with Crippen LogP contribution in [0.2, 0.25) is 0 Å². The van der Waals surface area contributed by atoms with E-state index in [1.165, 1.54) is 31.6 Å². The van der Waals surface area contributed by atoms with Crippen molar-refractivity contribution in [2.45, 2.75) is 38.7 Å². The van der Waals surface area contributed by atoms with Gasteiger partial charge in [0.1, 0.15) is 0 Å². The molecule has 1 atom stereocenters. The highest BCUT2D eigenvalue weighted by Gasteiger charge is 2.37. The summed E-state index contributed by atoms with van der Waals surface area (Å²) in [5.41, 5.74) is 0.590. The van der Waals surface area contributed by atoms with Gasteiger partial charge < -0.3 is 10.0 Å². The Hall–Kier alpha value is 0.270. The Morgan fingerprint density at radius 1 is 1.47 bits per heavy atom. The number of aliphatic hydroxyl groups excluding tert-OH is 1. The Labute approximate surface area is 98.4 Å². The largest absolute Gasteiger partial charge is 0.393 e. The lowest BCUT2D eigenvalue weighted by molar-refractivity contribution is 0.0921. The Kier molecular flexibility index (Phi) is 5.44. The molecule has 1 saturated carbocycles. The van der Waals surface area contributed by atoms with E-state index in [2.05, 4.69) is 18.2 Å². The van der Waals surface area contributed by atoms with Crippen LogP contribution in [0, 0.1) is 5.41 Å². The molecule has 0 aromatic carbocycles. The van der Waals surface area contributed by atoms with E-state index in [0.29, 0.717) is 5.41 Å². The van der Waals surface area contributed by atoms with E-state index in [4.69, 9.17) is 0 Å². The SMILES string of the molecule is CSCC1(CN(C)CC[C@@H](C)O)CCC1. The van der Waals surface area contributed by atoms with Gasteiger partial charge in [0.15, 0.2) is 0 Å². The van der Waals surface area contributed by atoms with E-state index in [1.807, 2.05) is 18.7 Å². The molecule has 0 amide bonds. The molecule has 1 fully saturated rings. The third-order valence-corrected chi connectivity index (χ3v) is 4.30. The van der Waals surface area contributed by atoms with Crippen molar-refractivity contribution in [3.63, 3.8) is 0 Å². The normalized spacial score (nSPS) is 21.4. The zero-order valence-electron chi connectivity index (χ0n) is 10.3. The van der Waals surface area contributed by atoms with Crippen molar-refractivity contribution in [2.75, 3.05) is 32.1 Å². The molecule has 3 heteroatoms. The van der Waals surface area contributed by atoms with Gasteiger partial charge in [-0.25, -0.2) is 0 Å². The smallest absolute Gasteiger partial charge is 0.0524 e. The minimum absolute atomic E-state index is 0.162. The lowest BCUT2D eigenvalue weighted by Crippen LogP contribution is -2.43. The molecule has 1 aliphatic carbocycles. The van der Waals surface area contributed by atoms with Crippen molar-refractivity contribution < 1.29 is 5.11 Å². The minimum Gasteiger partial charge on any atom is -0.393 e. The Morgan fingerprint density at radius 3 is 2.53 bits per heavy atom. The maximum atomic E-state index is 9.24. The molecule has 15 heavy (non-hydrogen) atoms. The van der Waals surface area contributed by atoms with Crippen molar-refractivity contribution in [1.29, 1.82) is 0 Å². The maximum absolute atomic E-state index is 9.24. The van der Waals surface area contributed by atoms with E-state index < -0.39 is 0 Å². The lowest BCUT2D eigenvalue weighted by Gasteiger charge is -2.44. The third-order valence-electron chi connectivity index (χ3n) is 3.40. The first-order valence-corrected chi connectivity index (χ1v) is 7.33. The predicted octanol–water partition coefficient (Wildman–Crippen LogP) is 2.22. The fourth-order valence-corrected chi connectivity index (χ4v) is 3.38. The van der Waals surface area contributed by atoms with E-state index in [0.717, 1.165) is 13.0 Å². The summed E-state index contributed by atoms with van der Waals surface area (Å²) in [6.07, 6.45) is 7.14. The third kappa shape index (κ3) is 4.33. The van der Waals surface area contributed by atoms with Gasteiger partial charge in [-0.2, -0.15) is 11.8 Å². The second kappa shape index (κ2) is 6.12. The second-order valence-corrected chi connectivity index (χ2v) is 6.03. The van der Waals surface area contributed by atoms with Gasteiger partial charge in [-0.3, -0.25) is 0 Å². The highest BCUT2D eigenvalue weighted by atomic mass is 32.2. The molecule has 0 unspecified atom stereocenters. The minimum atomic E-state index is -0.162. The van der Waals surface area contributed by atoms with Crippen molar-refractivity contribution in [3.05, 3.63) is 0 Å². The van der Waals surface area contributed by atoms with Crippen LogP contribution in [-0.2, 0) is 0 Å². The summed E-state index contributed by atoms with van der Waals surface area (Å²) in [4.78, 5) is 2.39. The summed E-state index contributed by atoms with van der Waals surface area (Å²) in [6, 6.07) is 0. The Morgan fingerprint density at radius 2 is 2.13 bits per heavy atom. The average molecular weight is 231 g/mol. The average Bonchev–Trinajstić information content (AvgIpc) is 2.11. The van der Waals surface area contributed by atoms with Gasteiger partial charge in [-0.1, -0.05) is 6.42 Å². The zero-order valence-corrected chi connectivity index (χ0v) is 11.1. The van der Waals surface area contributed by atoms with E-state index >= 15 is 0 Å². The molecule has 0 saturated heterocycles. The summed E-state index contributed by atoms with van der Waals surface area (Å²) in [5, 5.41) is 9.24. The molecule has 1 N–H and O–H groups in total. The summed E-state index contributed by atoms with van der Waals surface area (Å²) in [6.45, 7) is 4.10. The topological polar surface area (TPSA) is 23.5 Å². The standard InChI is InChI=1S/C12H25NOS/c1-11(14)5-8-13(2)9-12(10-15-3)6-4-7-12/h11,14H,4-10H2,1-3H3/t11-/m1/s1. The van der Waals surface area contributed by atoms with E-state index in [-0.39, 0.29) is 6.10 Å². The summed E-state index contributed by atoms with van der Waals surface area (Å²) < 4.78 is 0. The van der Waals surface area contributed by atoms with Gasteiger partial charge in [0.2, 0.25) is 0 Å². The summed E-state index contributed by atoms with van der Waals surface area (Å²) in [5.74, 6) is 1.30. The number of nitrogens with zero attached hydrogens (tertiary/aromatic N) is 1.